The van der Waals surface area contributed by atoms with Crippen LogP contribution in [0.1, 0.15) is 18.6 Å². The van der Waals surface area contributed by atoms with Gasteiger partial charge in [0.25, 0.3) is 0 Å². The molecular formula is C24H22N6O2. The monoisotopic (exact) mass is 426 g/mol. The van der Waals surface area contributed by atoms with Crippen LogP contribution in [0.3, 0.4) is 0 Å². The number of anilines is 1. The molecule has 0 saturated carbocycles. The minimum Gasteiger partial charge on any atom is -0.486 e. The number of H-pyrrole nitrogens is 2. The van der Waals surface area contributed by atoms with Gasteiger partial charge in [-0.25, -0.2) is 9.97 Å². The lowest BCUT2D eigenvalue weighted by molar-refractivity contribution is 0.141. The van der Waals surface area contributed by atoms with Crippen molar-refractivity contribution in [2.24, 2.45) is 0 Å². The standard InChI is InChI=1S/C24H22N6O2/c1-14(18-6-8-25-24-19(18)7-9-26-24)32-17-3-4-21-20(10-17)23(29-28-21)15-2-5-22(27-11-15)30-12-16(31)13-30/h2-11,14,16,31H,12-13H2,1H3,(H,25,26)(H,28,29). The molecule has 5 heterocycles. The van der Waals surface area contributed by atoms with E-state index in [2.05, 4.69) is 25.1 Å². The SMILES string of the molecule is CC(Oc1ccc2[nH]nc(-c3ccc(N4CC(O)C4)nc3)c2c1)c1ccnc2[nH]ccc12. The highest BCUT2D eigenvalue weighted by molar-refractivity contribution is 5.93. The van der Waals surface area contributed by atoms with Crippen LogP contribution < -0.4 is 9.64 Å². The summed E-state index contributed by atoms with van der Waals surface area (Å²) in [7, 11) is 0. The Balaban J connectivity index is 1.28. The molecule has 8 nitrogen and oxygen atoms in total. The molecular weight excluding hydrogens is 404 g/mol. The van der Waals surface area contributed by atoms with Gasteiger partial charge in [0.05, 0.1) is 11.6 Å². The first kappa shape index (κ1) is 18.8. The Hall–Kier alpha value is -3.91. The summed E-state index contributed by atoms with van der Waals surface area (Å²) in [6.07, 6.45) is 5.11. The molecule has 1 aliphatic rings. The number of benzene rings is 1. The first-order valence-electron chi connectivity index (χ1n) is 10.6. The molecule has 0 bridgehead atoms. The summed E-state index contributed by atoms with van der Waals surface area (Å²) in [4.78, 5) is 14.1. The summed E-state index contributed by atoms with van der Waals surface area (Å²) in [5.41, 5.74) is 4.63. The molecule has 0 amide bonds. The van der Waals surface area contributed by atoms with Crippen LogP contribution >= 0.6 is 0 Å². The zero-order valence-corrected chi connectivity index (χ0v) is 17.5. The zero-order valence-electron chi connectivity index (χ0n) is 17.5. The highest BCUT2D eigenvalue weighted by Gasteiger charge is 2.25. The van der Waals surface area contributed by atoms with Gasteiger partial charge in [-0.3, -0.25) is 5.10 Å². The maximum atomic E-state index is 9.50. The van der Waals surface area contributed by atoms with Gasteiger partial charge in [-0.1, -0.05) is 0 Å². The lowest BCUT2D eigenvalue weighted by Gasteiger charge is -2.36. The minimum absolute atomic E-state index is 0.142. The van der Waals surface area contributed by atoms with Crippen molar-refractivity contribution in [2.45, 2.75) is 19.1 Å². The second-order valence-corrected chi connectivity index (χ2v) is 8.14. The van der Waals surface area contributed by atoms with Crippen molar-refractivity contribution in [3.63, 3.8) is 0 Å². The Bertz CT molecular complexity index is 1400. The highest BCUT2D eigenvalue weighted by Crippen LogP contribution is 2.32. The number of fused-ring (bicyclic) bond motifs is 2. The number of hydrogen-bond acceptors (Lipinski definition) is 6. The third-order valence-electron chi connectivity index (χ3n) is 5.99. The van der Waals surface area contributed by atoms with Crippen LogP contribution in [-0.4, -0.2) is 49.4 Å². The van der Waals surface area contributed by atoms with Crippen LogP contribution in [-0.2, 0) is 0 Å². The summed E-state index contributed by atoms with van der Waals surface area (Å²) in [6.45, 7) is 3.30. The normalized spacial score (nSPS) is 15.2. The minimum atomic E-state index is -0.256. The van der Waals surface area contributed by atoms with Gasteiger partial charge in [0, 0.05) is 53.6 Å². The predicted molar refractivity (Wildman–Crippen MR) is 123 cm³/mol. The summed E-state index contributed by atoms with van der Waals surface area (Å²) in [6, 6.07) is 13.9. The lowest BCUT2D eigenvalue weighted by Crippen LogP contribution is -2.51. The van der Waals surface area contributed by atoms with Gasteiger partial charge in [-0.2, -0.15) is 5.10 Å². The number of aromatic nitrogens is 5. The second kappa shape index (κ2) is 7.35. The molecule has 1 aliphatic heterocycles. The van der Waals surface area contributed by atoms with Gasteiger partial charge < -0.3 is 19.7 Å². The van der Waals surface area contributed by atoms with Gasteiger partial charge in [-0.05, 0) is 49.4 Å². The van der Waals surface area contributed by atoms with Gasteiger partial charge in [0.1, 0.15) is 29.0 Å². The van der Waals surface area contributed by atoms with Crippen LogP contribution in [0.2, 0.25) is 0 Å². The van der Waals surface area contributed by atoms with E-state index < -0.39 is 0 Å². The second-order valence-electron chi connectivity index (χ2n) is 8.14. The molecule has 1 fully saturated rings. The summed E-state index contributed by atoms with van der Waals surface area (Å²) < 4.78 is 6.30. The molecule has 0 radical (unpaired) electrons. The maximum Gasteiger partial charge on any atom is 0.137 e. The molecule has 1 atom stereocenters. The van der Waals surface area contributed by atoms with Crippen LogP contribution in [0.15, 0.2) is 61.1 Å². The van der Waals surface area contributed by atoms with Gasteiger partial charge in [-0.15, -0.1) is 0 Å². The smallest absolute Gasteiger partial charge is 0.137 e. The van der Waals surface area contributed by atoms with Crippen molar-refractivity contribution in [1.82, 2.24) is 25.1 Å². The third-order valence-corrected chi connectivity index (χ3v) is 5.99. The summed E-state index contributed by atoms with van der Waals surface area (Å²) >= 11 is 0. The fourth-order valence-electron chi connectivity index (χ4n) is 4.25. The van der Waals surface area contributed by atoms with E-state index in [0.717, 1.165) is 50.3 Å². The number of pyridine rings is 2. The number of ether oxygens (including phenoxy) is 1. The molecule has 0 aliphatic carbocycles. The first-order valence-corrected chi connectivity index (χ1v) is 10.6. The molecule has 0 spiro atoms. The first-order chi connectivity index (χ1) is 15.7. The average molecular weight is 426 g/mol. The Morgan fingerprint density at radius 3 is 2.81 bits per heavy atom. The molecule has 1 unspecified atom stereocenters. The molecule has 8 heteroatoms. The molecule has 4 aromatic heterocycles. The van der Waals surface area contributed by atoms with Crippen molar-refractivity contribution in [3.8, 4) is 17.0 Å². The van der Waals surface area contributed by atoms with E-state index in [9.17, 15) is 5.11 Å². The van der Waals surface area contributed by atoms with E-state index >= 15 is 0 Å². The average Bonchev–Trinajstić information content (AvgIpc) is 3.44. The van der Waals surface area contributed by atoms with Gasteiger partial charge in [0.15, 0.2) is 0 Å². The summed E-state index contributed by atoms with van der Waals surface area (Å²) in [5.74, 6) is 1.64. The fourth-order valence-corrected chi connectivity index (χ4v) is 4.25. The number of aliphatic hydroxyl groups is 1. The van der Waals surface area contributed by atoms with Crippen LogP contribution in [0.4, 0.5) is 5.82 Å². The highest BCUT2D eigenvalue weighted by atomic mass is 16.5. The van der Waals surface area contributed by atoms with E-state index in [1.165, 1.54) is 0 Å². The van der Waals surface area contributed by atoms with Crippen LogP contribution in [0.5, 0.6) is 5.75 Å². The van der Waals surface area contributed by atoms with Crippen molar-refractivity contribution >= 4 is 27.8 Å². The molecule has 1 saturated heterocycles. The third kappa shape index (κ3) is 3.16. The Morgan fingerprint density at radius 2 is 2.00 bits per heavy atom. The van der Waals surface area contributed by atoms with Crippen LogP contribution in [0, 0.1) is 0 Å². The molecule has 5 aromatic rings. The van der Waals surface area contributed by atoms with Gasteiger partial charge in [0.2, 0.25) is 0 Å². The molecule has 32 heavy (non-hydrogen) atoms. The number of β-amino-alcohol motifs (C(OH)–C–C–N with tert-alkyl or cyclic N) is 1. The molecule has 6 rings (SSSR count). The summed E-state index contributed by atoms with van der Waals surface area (Å²) in [5, 5.41) is 19.2. The number of aliphatic hydroxyl groups excluding tert-OH is 1. The Morgan fingerprint density at radius 1 is 1.09 bits per heavy atom. The maximum absolute atomic E-state index is 9.50. The van der Waals surface area contributed by atoms with Crippen molar-refractivity contribution < 1.29 is 9.84 Å². The number of nitrogens with one attached hydrogen (secondary N) is 2. The van der Waals surface area contributed by atoms with E-state index in [0.29, 0.717) is 13.1 Å². The van der Waals surface area contributed by atoms with E-state index in [4.69, 9.17) is 4.74 Å². The van der Waals surface area contributed by atoms with Crippen molar-refractivity contribution in [3.05, 3.63) is 66.6 Å². The van der Waals surface area contributed by atoms with E-state index in [1.54, 1.807) is 6.20 Å². The topological polar surface area (TPSA) is 103 Å². The van der Waals surface area contributed by atoms with Crippen LogP contribution in [0.25, 0.3) is 33.2 Å². The molecule has 160 valence electrons. The molecule has 3 N–H and O–H groups in total. The number of hydrogen-bond donors (Lipinski definition) is 3. The Labute approximate surface area is 183 Å². The molecule has 1 aromatic carbocycles. The van der Waals surface area contributed by atoms with Gasteiger partial charge >= 0.3 is 0 Å². The number of rotatable bonds is 5. The van der Waals surface area contributed by atoms with E-state index in [-0.39, 0.29) is 12.2 Å². The number of aromatic amines is 2. The van der Waals surface area contributed by atoms with E-state index in [1.807, 2.05) is 66.7 Å². The largest absolute Gasteiger partial charge is 0.486 e. The quantitative estimate of drug-likeness (QED) is 0.395. The predicted octanol–water partition coefficient (Wildman–Crippen LogP) is 3.82. The fraction of sp³-hybridized carbons (Fsp3) is 0.208. The lowest BCUT2D eigenvalue weighted by atomic mass is 10.1. The number of nitrogens with zero attached hydrogens (tertiary/aromatic N) is 4. The van der Waals surface area contributed by atoms with Crippen molar-refractivity contribution in [1.29, 1.82) is 0 Å². The Kier molecular flexibility index (Phi) is 4.32. The zero-order chi connectivity index (χ0) is 21.7. The van der Waals surface area contributed by atoms with Crippen molar-refractivity contribution in [2.75, 3.05) is 18.0 Å².